The topological polar surface area (TPSA) is 71.0 Å². The van der Waals surface area contributed by atoms with Gasteiger partial charge < -0.3 is 4.42 Å². The van der Waals surface area contributed by atoms with Crippen molar-refractivity contribution in [2.24, 2.45) is 0 Å². The molecule has 2 heterocycles. The minimum atomic E-state index is -0.503. The standard InChI is InChI=1S/C21H18ClN3O2/c1-13-4-7-16(11-19(13)22)20-9-8-18(27-20)10-17(12-23)21(26)24-25-14(2)5-6-15(25)3/h4-11H,1-3H3,(H,24,26)/b17-10-. The predicted molar refractivity (Wildman–Crippen MR) is 106 cm³/mol. The largest absolute Gasteiger partial charge is 0.457 e. The summed E-state index contributed by atoms with van der Waals surface area (Å²) in [6.45, 7) is 5.66. The fourth-order valence-electron chi connectivity index (χ4n) is 2.63. The van der Waals surface area contributed by atoms with Crippen LogP contribution in [0.15, 0.2) is 52.5 Å². The summed E-state index contributed by atoms with van der Waals surface area (Å²) in [5.41, 5.74) is 6.20. The molecule has 0 radical (unpaired) electrons. The lowest BCUT2D eigenvalue weighted by atomic mass is 10.1. The van der Waals surface area contributed by atoms with Crippen LogP contribution >= 0.6 is 11.6 Å². The molecular formula is C21H18ClN3O2. The van der Waals surface area contributed by atoms with Crippen molar-refractivity contribution in [1.82, 2.24) is 4.68 Å². The third-order valence-electron chi connectivity index (χ3n) is 4.22. The van der Waals surface area contributed by atoms with Crippen LogP contribution in [0, 0.1) is 32.1 Å². The number of nitrogens with zero attached hydrogens (tertiary/aromatic N) is 2. The Labute approximate surface area is 162 Å². The number of hydrogen-bond acceptors (Lipinski definition) is 3. The molecule has 3 aromatic rings. The molecular weight excluding hydrogens is 362 g/mol. The molecule has 1 aromatic carbocycles. The van der Waals surface area contributed by atoms with E-state index in [0.29, 0.717) is 16.5 Å². The van der Waals surface area contributed by atoms with E-state index in [-0.39, 0.29) is 5.57 Å². The van der Waals surface area contributed by atoms with Gasteiger partial charge in [0.1, 0.15) is 23.2 Å². The van der Waals surface area contributed by atoms with Crippen LogP contribution in [0.5, 0.6) is 0 Å². The van der Waals surface area contributed by atoms with Crippen LogP contribution in [0.3, 0.4) is 0 Å². The maximum Gasteiger partial charge on any atom is 0.280 e. The van der Waals surface area contributed by atoms with Crippen molar-refractivity contribution in [2.45, 2.75) is 20.8 Å². The highest BCUT2D eigenvalue weighted by Gasteiger charge is 2.13. The van der Waals surface area contributed by atoms with Gasteiger partial charge in [-0.05, 0) is 56.7 Å². The highest BCUT2D eigenvalue weighted by molar-refractivity contribution is 6.31. The number of hydrogen-bond donors (Lipinski definition) is 1. The summed E-state index contributed by atoms with van der Waals surface area (Å²) in [6, 6.07) is 14.8. The number of aromatic nitrogens is 1. The number of rotatable bonds is 4. The van der Waals surface area contributed by atoms with Crippen molar-refractivity contribution < 1.29 is 9.21 Å². The van der Waals surface area contributed by atoms with Gasteiger partial charge in [0.15, 0.2) is 0 Å². The first kappa shape index (κ1) is 18.6. The second-order valence-corrected chi connectivity index (χ2v) is 6.64. The zero-order valence-corrected chi connectivity index (χ0v) is 16.0. The van der Waals surface area contributed by atoms with Gasteiger partial charge in [-0.1, -0.05) is 23.7 Å². The van der Waals surface area contributed by atoms with Gasteiger partial charge in [0.05, 0.1) is 0 Å². The Kier molecular flexibility index (Phi) is 5.20. The molecule has 136 valence electrons. The Morgan fingerprint density at radius 1 is 1.15 bits per heavy atom. The lowest BCUT2D eigenvalue weighted by Gasteiger charge is -2.10. The number of carbonyl (C=O) groups excluding carboxylic acids is 1. The molecule has 3 rings (SSSR count). The van der Waals surface area contributed by atoms with Crippen molar-refractivity contribution >= 4 is 23.6 Å². The molecule has 27 heavy (non-hydrogen) atoms. The Hall–Kier alpha value is -3.23. The number of amides is 1. The van der Waals surface area contributed by atoms with Crippen molar-refractivity contribution in [3.8, 4) is 17.4 Å². The molecule has 0 atom stereocenters. The second kappa shape index (κ2) is 7.56. The molecule has 0 saturated heterocycles. The van der Waals surface area contributed by atoms with Gasteiger partial charge in [0.25, 0.3) is 5.91 Å². The lowest BCUT2D eigenvalue weighted by Crippen LogP contribution is -2.25. The number of furan rings is 1. The summed E-state index contributed by atoms with van der Waals surface area (Å²) >= 11 is 6.16. The first-order chi connectivity index (χ1) is 12.9. The molecule has 6 heteroatoms. The Bertz CT molecular complexity index is 1060. The summed E-state index contributed by atoms with van der Waals surface area (Å²) in [5, 5.41) is 10.0. The summed E-state index contributed by atoms with van der Waals surface area (Å²) in [6.07, 6.45) is 1.42. The SMILES string of the molecule is Cc1ccc(-c2ccc(/C=C(/C#N)C(=O)Nn3c(C)ccc3C)o2)cc1Cl. The number of carbonyl (C=O) groups is 1. The first-order valence-corrected chi connectivity index (χ1v) is 8.71. The second-order valence-electron chi connectivity index (χ2n) is 6.23. The van der Waals surface area contributed by atoms with Gasteiger partial charge in [-0.25, -0.2) is 0 Å². The number of nitriles is 1. The van der Waals surface area contributed by atoms with Crippen LogP contribution in [0.1, 0.15) is 22.7 Å². The lowest BCUT2D eigenvalue weighted by molar-refractivity contribution is -0.113. The molecule has 5 nitrogen and oxygen atoms in total. The van der Waals surface area contributed by atoms with Crippen molar-refractivity contribution in [1.29, 1.82) is 5.26 Å². The quantitative estimate of drug-likeness (QED) is 0.512. The van der Waals surface area contributed by atoms with Crippen LogP contribution in [-0.4, -0.2) is 10.6 Å². The molecule has 0 aliphatic heterocycles. The van der Waals surface area contributed by atoms with Gasteiger partial charge in [-0.15, -0.1) is 0 Å². The van der Waals surface area contributed by atoms with Crippen LogP contribution in [0.25, 0.3) is 17.4 Å². The average Bonchev–Trinajstić information content (AvgIpc) is 3.23. The molecule has 1 amide bonds. The molecule has 0 bridgehead atoms. The Morgan fingerprint density at radius 2 is 1.85 bits per heavy atom. The van der Waals surface area contributed by atoms with Crippen molar-refractivity contribution in [3.05, 3.63) is 75.8 Å². The third kappa shape index (κ3) is 3.97. The Balaban J connectivity index is 1.84. The minimum absolute atomic E-state index is 0.0506. The maximum atomic E-state index is 12.4. The number of benzene rings is 1. The van der Waals surface area contributed by atoms with E-state index in [4.69, 9.17) is 16.0 Å². The van der Waals surface area contributed by atoms with E-state index in [9.17, 15) is 10.1 Å². The monoisotopic (exact) mass is 379 g/mol. The van der Waals surface area contributed by atoms with Gasteiger partial charge in [-0.3, -0.25) is 14.9 Å². The van der Waals surface area contributed by atoms with E-state index in [2.05, 4.69) is 5.43 Å². The normalized spacial score (nSPS) is 11.3. The smallest absolute Gasteiger partial charge is 0.280 e. The number of aryl methyl sites for hydroxylation is 3. The first-order valence-electron chi connectivity index (χ1n) is 8.33. The third-order valence-corrected chi connectivity index (χ3v) is 4.63. The highest BCUT2D eigenvalue weighted by Crippen LogP contribution is 2.27. The zero-order valence-electron chi connectivity index (χ0n) is 15.2. The summed E-state index contributed by atoms with van der Waals surface area (Å²) in [4.78, 5) is 12.4. The molecule has 0 unspecified atom stereocenters. The molecule has 0 fully saturated rings. The molecule has 0 aliphatic rings. The van der Waals surface area contributed by atoms with Gasteiger partial charge >= 0.3 is 0 Å². The van der Waals surface area contributed by atoms with Gasteiger partial charge in [0, 0.05) is 28.0 Å². The van der Waals surface area contributed by atoms with Gasteiger partial charge in [0.2, 0.25) is 0 Å². The fraction of sp³-hybridized carbons (Fsp3) is 0.143. The van der Waals surface area contributed by atoms with E-state index >= 15 is 0 Å². The van der Waals surface area contributed by atoms with E-state index in [1.807, 2.05) is 57.2 Å². The molecule has 0 spiro atoms. The summed E-state index contributed by atoms with van der Waals surface area (Å²) in [5.74, 6) is 0.517. The average molecular weight is 380 g/mol. The van der Waals surface area contributed by atoms with Gasteiger partial charge in [-0.2, -0.15) is 5.26 Å². The summed E-state index contributed by atoms with van der Waals surface area (Å²) in [7, 11) is 0. The fourth-order valence-corrected chi connectivity index (χ4v) is 2.81. The van der Waals surface area contributed by atoms with Crippen molar-refractivity contribution in [2.75, 3.05) is 5.43 Å². The van der Waals surface area contributed by atoms with Crippen LogP contribution in [0.4, 0.5) is 0 Å². The van der Waals surface area contributed by atoms with Crippen LogP contribution in [0.2, 0.25) is 5.02 Å². The number of nitrogens with one attached hydrogen (secondary N) is 1. The molecule has 2 aromatic heterocycles. The van der Waals surface area contributed by atoms with Crippen LogP contribution in [-0.2, 0) is 4.79 Å². The molecule has 0 aliphatic carbocycles. The van der Waals surface area contributed by atoms with E-state index in [1.54, 1.807) is 16.8 Å². The highest BCUT2D eigenvalue weighted by atomic mass is 35.5. The molecule has 0 saturated carbocycles. The van der Waals surface area contributed by atoms with Crippen LogP contribution < -0.4 is 5.43 Å². The Morgan fingerprint density at radius 3 is 2.48 bits per heavy atom. The maximum absolute atomic E-state index is 12.4. The predicted octanol–water partition coefficient (Wildman–Crippen LogP) is 5.00. The van der Waals surface area contributed by atoms with E-state index in [1.165, 1.54) is 6.08 Å². The number of halogens is 1. The molecule has 1 N–H and O–H groups in total. The van der Waals surface area contributed by atoms with E-state index < -0.39 is 5.91 Å². The minimum Gasteiger partial charge on any atom is -0.457 e. The zero-order chi connectivity index (χ0) is 19.6. The summed E-state index contributed by atoms with van der Waals surface area (Å²) < 4.78 is 7.39. The van der Waals surface area contributed by atoms with Crippen molar-refractivity contribution in [3.63, 3.8) is 0 Å². The van der Waals surface area contributed by atoms with E-state index in [0.717, 1.165) is 22.5 Å².